The highest BCUT2D eigenvalue weighted by Crippen LogP contribution is 2.24. The maximum absolute atomic E-state index is 12.4. The predicted molar refractivity (Wildman–Crippen MR) is 99.9 cm³/mol. The van der Waals surface area contributed by atoms with Crippen LogP contribution in [0.15, 0.2) is 18.2 Å². The molecule has 1 aromatic heterocycles. The molecule has 2 N–H and O–H groups in total. The van der Waals surface area contributed by atoms with Crippen LogP contribution < -0.4 is 10.2 Å². The summed E-state index contributed by atoms with van der Waals surface area (Å²) in [7, 11) is 0. The van der Waals surface area contributed by atoms with Gasteiger partial charge in [-0.2, -0.15) is 0 Å². The zero-order valence-electron chi connectivity index (χ0n) is 15.2. The quantitative estimate of drug-likeness (QED) is 0.758. The van der Waals surface area contributed by atoms with Gasteiger partial charge in [-0.25, -0.2) is 4.98 Å². The highest BCUT2D eigenvalue weighted by atomic mass is 16.5. The summed E-state index contributed by atoms with van der Waals surface area (Å²) in [5.41, 5.74) is 3.24. The lowest BCUT2D eigenvalue weighted by atomic mass is 9.97. The van der Waals surface area contributed by atoms with E-state index in [0.717, 1.165) is 55.9 Å². The topological polar surface area (TPSA) is 70.2 Å². The zero-order chi connectivity index (χ0) is 17.6. The first-order valence-corrected chi connectivity index (χ1v) is 9.24. The van der Waals surface area contributed by atoms with Crippen molar-refractivity contribution in [2.24, 2.45) is 5.92 Å². The molecule has 1 aliphatic rings. The number of hydrogen-bond donors (Lipinski definition) is 2. The minimum Gasteiger partial charge on any atom is -0.382 e. The Kier molecular flexibility index (Phi) is 5.91. The van der Waals surface area contributed by atoms with E-state index in [2.05, 4.69) is 39.2 Å². The van der Waals surface area contributed by atoms with Crippen LogP contribution in [0, 0.1) is 12.8 Å². The van der Waals surface area contributed by atoms with Crippen LogP contribution in [-0.4, -0.2) is 48.7 Å². The van der Waals surface area contributed by atoms with Crippen molar-refractivity contribution in [1.29, 1.82) is 0 Å². The van der Waals surface area contributed by atoms with E-state index in [-0.39, 0.29) is 11.8 Å². The first kappa shape index (κ1) is 17.7. The average Bonchev–Trinajstić information content (AvgIpc) is 3.04. The number of aromatic amines is 1. The second-order valence-corrected chi connectivity index (χ2v) is 6.71. The summed E-state index contributed by atoms with van der Waals surface area (Å²) in [6.07, 6.45) is 2.80. The van der Waals surface area contributed by atoms with E-state index in [4.69, 9.17) is 4.74 Å². The summed E-state index contributed by atoms with van der Waals surface area (Å²) in [4.78, 5) is 22.7. The summed E-state index contributed by atoms with van der Waals surface area (Å²) in [5, 5.41) is 3.04. The number of benzene rings is 1. The number of H-pyrrole nitrogens is 1. The van der Waals surface area contributed by atoms with Gasteiger partial charge in [0.25, 0.3) is 0 Å². The molecule has 0 bridgehead atoms. The number of carbonyl (C=O) groups is 1. The Hall–Kier alpha value is -2.08. The second-order valence-electron chi connectivity index (χ2n) is 6.71. The minimum absolute atomic E-state index is 0.0239. The zero-order valence-corrected chi connectivity index (χ0v) is 15.2. The molecule has 25 heavy (non-hydrogen) atoms. The molecule has 0 radical (unpaired) electrons. The lowest BCUT2D eigenvalue weighted by molar-refractivity contribution is -0.125. The molecule has 1 fully saturated rings. The van der Waals surface area contributed by atoms with Gasteiger partial charge in [0.05, 0.1) is 17.0 Å². The lowest BCUT2D eigenvalue weighted by Gasteiger charge is -2.31. The Labute approximate surface area is 149 Å². The Morgan fingerprint density at radius 3 is 3.20 bits per heavy atom. The molecule has 1 aliphatic heterocycles. The highest BCUT2D eigenvalue weighted by Gasteiger charge is 2.27. The molecule has 136 valence electrons. The Morgan fingerprint density at radius 2 is 2.36 bits per heavy atom. The molecule has 0 saturated carbocycles. The number of fused-ring (bicyclic) bond motifs is 1. The standard InChI is InChI=1S/C19H28N4O2/c1-3-25-11-5-9-20-18(24)15-6-4-10-23(13-15)19-21-16-8-7-14(2)12-17(16)22-19/h7-8,12,15H,3-6,9-11,13H2,1-2H3,(H,20,24)(H,21,22). The molecule has 1 saturated heterocycles. The molecule has 2 aromatic rings. The van der Waals surface area contributed by atoms with Crippen LogP contribution >= 0.6 is 0 Å². The molecule has 1 unspecified atom stereocenters. The minimum atomic E-state index is 0.0239. The van der Waals surface area contributed by atoms with Crippen LogP contribution in [0.1, 0.15) is 31.7 Å². The summed E-state index contributed by atoms with van der Waals surface area (Å²) in [6, 6.07) is 6.22. The van der Waals surface area contributed by atoms with E-state index in [9.17, 15) is 4.79 Å². The summed E-state index contributed by atoms with van der Waals surface area (Å²) < 4.78 is 5.30. The van der Waals surface area contributed by atoms with Crippen molar-refractivity contribution in [1.82, 2.24) is 15.3 Å². The SMILES string of the molecule is CCOCCCNC(=O)C1CCCN(c2nc3ccc(C)cc3[nH]2)C1. The van der Waals surface area contributed by atoms with E-state index >= 15 is 0 Å². The van der Waals surface area contributed by atoms with Crippen LogP contribution in [0.25, 0.3) is 11.0 Å². The number of aryl methyl sites for hydroxylation is 1. The number of ether oxygens (including phenoxy) is 1. The van der Waals surface area contributed by atoms with E-state index in [0.29, 0.717) is 13.2 Å². The fraction of sp³-hybridized carbons (Fsp3) is 0.579. The van der Waals surface area contributed by atoms with Gasteiger partial charge < -0.3 is 19.9 Å². The predicted octanol–water partition coefficient (Wildman–Crippen LogP) is 2.63. The fourth-order valence-electron chi connectivity index (χ4n) is 3.32. The number of nitrogens with one attached hydrogen (secondary N) is 2. The normalized spacial score (nSPS) is 17.8. The fourth-order valence-corrected chi connectivity index (χ4v) is 3.32. The molecule has 2 heterocycles. The van der Waals surface area contributed by atoms with Crippen molar-refractivity contribution < 1.29 is 9.53 Å². The molecule has 1 aromatic carbocycles. The van der Waals surface area contributed by atoms with E-state index in [1.54, 1.807) is 0 Å². The van der Waals surface area contributed by atoms with E-state index in [1.807, 2.05) is 13.0 Å². The molecular formula is C19H28N4O2. The van der Waals surface area contributed by atoms with Crippen molar-refractivity contribution in [3.63, 3.8) is 0 Å². The number of carbonyl (C=O) groups excluding carboxylic acids is 1. The number of piperidine rings is 1. The maximum Gasteiger partial charge on any atom is 0.224 e. The van der Waals surface area contributed by atoms with Gasteiger partial charge in [-0.1, -0.05) is 6.07 Å². The molecular weight excluding hydrogens is 316 g/mol. The summed E-state index contributed by atoms with van der Waals surface area (Å²) >= 11 is 0. The van der Waals surface area contributed by atoms with E-state index < -0.39 is 0 Å². The Bertz CT molecular complexity index is 713. The van der Waals surface area contributed by atoms with Crippen LogP contribution in [0.4, 0.5) is 5.95 Å². The number of rotatable bonds is 7. The van der Waals surface area contributed by atoms with Gasteiger partial charge >= 0.3 is 0 Å². The van der Waals surface area contributed by atoms with Crippen molar-refractivity contribution in [2.75, 3.05) is 37.7 Å². The van der Waals surface area contributed by atoms with Gasteiger partial charge in [-0.15, -0.1) is 0 Å². The van der Waals surface area contributed by atoms with Crippen molar-refractivity contribution in [3.8, 4) is 0 Å². The van der Waals surface area contributed by atoms with Gasteiger partial charge in [0, 0.05) is 32.8 Å². The first-order valence-electron chi connectivity index (χ1n) is 9.24. The summed E-state index contributed by atoms with van der Waals surface area (Å²) in [5.74, 6) is 1.04. The van der Waals surface area contributed by atoms with Crippen molar-refractivity contribution >= 4 is 22.9 Å². The van der Waals surface area contributed by atoms with Gasteiger partial charge in [-0.05, 0) is 50.8 Å². The van der Waals surface area contributed by atoms with Gasteiger partial charge in [0.15, 0.2) is 0 Å². The second kappa shape index (κ2) is 8.34. The number of amides is 1. The molecule has 0 spiro atoms. The molecule has 0 aliphatic carbocycles. The van der Waals surface area contributed by atoms with Crippen molar-refractivity contribution in [2.45, 2.75) is 33.1 Å². The number of aromatic nitrogens is 2. The Balaban J connectivity index is 1.57. The highest BCUT2D eigenvalue weighted by molar-refractivity contribution is 5.80. The van der Waals surface area contributed by atoms with Crippen LogP contribution in [0.5, 0.6) is 0 Å². The average molecular weight is 344 g/mol. The third kappa shape index (κ3) is 4.51. The largest absolute Gasteiger partial charge is 0.382 e. The first-order chi connectivity index (χ1) is 12.2. The van der Waals surface area contributed by atoms with Crippen LogP contribution in [0.3, 0.4) is 0 Å². The summed E-state index contributed by atoms with van der Waals surface area (Å²) in [6.45, 7) is 7.82. The number of anilines is 1. The molecule has 6 nitrogen and oxygen atoms in total. The molecule has 3 rings (SSSR count). The van der Waals surface area contributed by atoms with Crippen molar-refractivity contribution in [3.05, 3.63) is 23.8 Å². The van der Waals surface area contributed by atoms with Crippen LogP contribution in [0.2, 0.25) is 0 Å². The van der Waals surface area contributed by atoms with Gasteiger partial charge in [0.2, 0.25) is 11.9 Å². The number of imidazole rings is 1. The number of hydrogen-bond acceptors (Lipinski definition) is 4. The number of nitrogens with zero attached hydrogens (tertiary/aromatic N) is 2. The lowest BCUT2D eigenvalue weighted by Crippen LogP contribution is -2.43. The van der Waals surface area contributed by atoms with Gasteiger partial charge in [0.1, 0.15) is 0 Å². The van der Waals surface area contributed by atoms with Crippen LogP contribution in [-0.2, 0) is 9.53 Å². The molecule has 6 heteroatoms. The maximum atomic E-state index is 12.4. The molecule has 1 atom stereocenters. The monoisotopic (exact) mass is 344 g/mol. The third-order valence-corrected chi connectivity index (χ3v) is 4.69. The van der Waals surface area contributed by atoms with E-state index in [1.165, 1.54) is 5.56 Å². The third-order valence-electron chi connectivity index (χ3n) is 4.69. The smallest absolute Gasteiger partial charge is 0.224 e. The molecule has 1 amide bonds. The Morgan fingerprint density at radius 1 is 1.48 bits per heavy atom. The van der Waals surface area contributed by atoms with Gasteiger partial charge in [-0.3, -0.25) is 4.79 Å².